The lowest BCUT2D eigenvalue weighted by atomic mass is 10.00. The Hall–Kier alpha value is -3.50. The molecule has 10 heteroatoms. The lowest BCUT2D eigenvalue weighted by Crippen LogP contribution is -2.52. The quantitative estimate of drug-likeness (QED) is 0.515. The summed E-state index contributed by atoms with van der Waals surface area (Å²) < 4.78 is 16.3. The van der Waals surface area contributed by atoms with Crippen molar-refractivity contribution in [2.24, 2.45) is 0 Å². The fraction of sp³-hybridized carbons (Fsp3) is 0.391. The molecule has 0 aromatic carbocycles. The summed E-state index contributed by atoms with van der Waals surface area (Å²) in [6.07, 6.45) is 4.96. The first kappa shape index (κ1) is 21.4. The summed E-state index contributed by atoms with van der Waals surface area (Å²) in [5.41, 5.74) is 2.82. The molecule has 0 saturated carbocycles. The first-order valence-electron chi connectivity index (χ1n) is 11.0. The van der Waals surface area contributed by atoms with Crippen molar-refractivity contribution in [2.45, 2.75) is 31.5 Å². The normalized spacial score (nSPS) is 19.8. The van der Waals surface area contributed by atoms with E-state index in [4.69, 9.17) is 14.2 Å². The van der Waals surface area contributed by atoms with E-state index in [-0.39, 0.29) is 18.0 Å². The van der Waals surface area contributed by atoms with Crippen LogP contribution in [0.1, 0.15) is 18.5 Å². The molecule has 2 aliphatic rings. The molecule has 33 heavy (non-hydrogen) atoms. The van der Waals surface area contributed by atoms with Gasteiger partial charge in [0, 0.05) is 37.5 Å². The zero-order valence-electron chi connectivity index (χ0n) is 18.3. The number of piperidine rings is 1. The van der Waals surface area contributed by atoms with Gasteiger partial charge in [-0.05, 0) is 25.0 Å². The van der Waals surface area contributed by atoms with Gasteiger partial charge in [-0.15, -0.1) is 0 Å². The van der Waals surface area contributed by atoms with Crippen LogP contribution in [-0.2, 0) is 11.3 Å². The number of nitrogens with one attached hydrogen (secondary N) is 3. The standard InChI is InChI=1S/C23H26N6O4/c1-31-21-5-4-16-22(29-21)17(6-7-24-16)28-23(30)18-3-2-14(11-27-18)25-12-15-10-19-20(13-26-15)33-9-8-32-19/h4-7,10,13-14,18,25,27H,2-3,8-9,11-12H2,1H3,(H,24,28,30)/t14-,18+/m1/s1. The average Bonchev–Trinajstić information content (AvgIpc) is 2.87. The van der Waals surface area contributed by atoms with Gasteiger partial charge < -0.3 is 30.2 Å². The number of anilines is 1. The number of fused-ring (bicyclic) bond motifs is 2. The number of pyridine rings is 3. The topological polar surface area (TPSA) is 120 Å². The van der Waals surface area contributed by atoms with E-state index in [0.29, 0.717) is 54.7 Å². The fourth-order valence-electron chi connectivity index (χ4n) is 4.03. The summed E-state index contributed by atoms with van der Waals surface area (Å²) in [5.74, 6) is 1.82. The van der Waals surface area contributed by atoms with Crippen LogP contribution < -0.4 is 30.2 Å². The third kappa shape index (κ3) is 4.81. The van der Waals surface area contributed by atoms with Gasteiger partial charge in [0.05, 0.1) is 36.2 Å². The summed E-state index contributed by atoms with van der Waals surface area (Å²) in [4.78, 5) is 26.0. The zero-order chi connectivity index (χ0) is 22.6. The van der Waals surface area contributed by atoms with Gasteiger partial charge in [-0.25, -0.2) is 4.98 Å². The molecule has 3 aromatic heterocycles. The monoisotopic (exact) mass is 450 g/mol. The molecule has 0 bridgehead atoms. The van der Waals surface area contributed by atoms with Crippen molar-refractivity contribution in [1.82, 2.24) is 25.6 Å². The van der Waals surface area contributed by atoms with Gasteiger partial charge in [-0.3, -0.25) is 14.8 Å². The van der Waals surface area contributed by atoms with Gasteiger partial charge in [0.2, 0.25) is 11.8 Å². The van der Waals surface area contributed by atoms with Crippen LogP contribution >= 0.6 is 0 Å². The third-order valence-electron chi connectivity index (χ3n) is 5.81. The number of ether oxygens (including phenoxy) is 3. The number of carbonyl (C=O) groups excluding carboxylic acids is 1. The van der Waals surface area contributed by atoms with Crippen LogP contribution in [0.25, 0.3) is 11.0 Å². The molecule has 5 heterocycles. The van der Waals surface area contributed by atoms with Crippen LogP contribution in [0.4, 0.5) is 5.69 Å². The molecule has 0 spiro atoms. The molecule has 10 nitrogen and oxygen atoms in total. The predicted molar refractivity (Wildman–Crippen MR) is 122 cm³/mol. The van der Waals surface area contributed by atoms with Gasteiger partial charge in [-0.2, -0.15) is 0 Å². The SMILES string of the molecule is COc1ccc2nccc(NC(=O)[C@@H]3CC[C@@H](NCc4cc5c(cn4)OCCO5)CN3)c2n1. The van der Waals surface area contributed by atoms with E-state index in [1.165, 1.54) is 0 Å². The lowest BCUT2D eigenvalue weighted by Gasteiger charge is -2.30. The van der Waals surface area contributed by atoms with Crippen molar-refractivity contribution in [3.8, 4) is 17.4 Å². The molecule has 1 fully saturated rings. The van der Waals surface area contributed by atoms with E-state index in [2.05, 4.69) is 30.9 Å². The molecule has 5 rings (SSSR count). The van der Waals surface area contributed by atoms with Crippen LogP contribution in [0.3, 0.4) is 0 Å². The Morgan fingerprint density at radius 2 is 2.06 bits per heavy atom. The maximum atomic E-state index is 12.9. The largest absolute Gasteiger partial charge is 0.486 e. The molecule has 0 aliphatic carbocycles. The van der Waals surface area contributed by atoms with E-state index in [1.807, 2.05) is 12.1 Å². The van der Waals surface area contributed by atoms with Crippen LogP contribution in [0.15, 0.2) is 36.7 Å². The van der Waals surface area contributed by atoms with Gasteiger partial charge in [-0.1, -0.05) is 0 Å². The highest BCUT2D eigenvalue weighted by Gasteiger charge is 2.26. The van der Waals surface area contributed by atoms with Crippen molar-refractivity contribution >= 4 is 22.6 Å². The van der Waals surface area contributed by atoms with Gasteiger partial charge in [0.15, 0.2) is 11.5 Å². The lowest BCUT2D eigenvalue weighted by molar-refractivity contribution is -0.118. The first-order valence-corrected chi connectivity index (χ1v) is 11.0. The first-order chi connectivity index (χ1) is 16.2. The summed E-state index contributed by atoms with van der Waals surface area (Å²) in [6, 6.07) is 7.21. The van der Waals surface area contributed by atoms with Gasteiger partial charge in [0.1, 0.15) is 18.7 Å². The molecule has 2 aliphatic heterocycles. The number of nitrogens with zero attached hydrogens (tertiary/aromatic N) is 3. The fourth-order valence-corrected chi connectivity index (χ4v) is 4.03. The minimum atomic E-state index is -0.274. The number of carbonyl (C=O) groups is 1. The Bertz CT molecular complexity index is 1150. The Morgan fingerprint density at radius 1 is 1.18 bits per heavy atom. The Balaban J connectivity index is 1.14. The van der Waals surface area contributed by atoms with Crippen LogP contribution in [-0.4, -0.2) is 59.8 Å². The molecule has 0 radical (unpaired) electrons. The third-order valence-corrected chi connectivity index (χ3v) is 5.81. The summed E-state index contributed by atoms with van der Waals surface area (Å²) >= 11 is 0. The zero-order valence-corrected chi connectivity index (χ0v) is 18.3. The summed E-state index contributed by atoms with van der Waals surface area (Å²) in [6.45, 7) is 2.41. The van der Waals surface area contributed by atoms with Crippen LogP contribution in [0.2, 0.25) is 0 Å². The van der Waals surface area contributed by atoms with E-state index in [0.717, 1.165) is 24.3 Å². The van der Waals surface area contributed by atoms with E-state index < -0.39 is 0 Å². The highest BCUT2D eigenvalue weighted by molar-refractivity contribution is 6.01. The van der Waals surface area contributed by atoms with Crippen molar-refractivity contribution in [3.05, 3.63) is 42.4 Å². The maximum absolute atomic E-state index is 12.9. The molecule has 172 valence electrons. The summed E-state index contributed by atoms with van der Waals surface area (Å²) in [7, 11) is 1.56. The number of amides is 1. The molecule has 2 atom stereocenters. The van der Waals surface area contributed by atoms with Crippen molar-refractivity contribution < 1.29 is 19.0 Å². The second-order valence-corrected chi connectivity index (χ2v) is 8.00. The molecule has 1 saturated heterocycles. The van der Waals surface area contributed by atoms with E-state index in [1.54, 1.807) is 31.6 Å². The molecular weight excluding hydrogens is 424 g/mol. The number of rotatable bonds is 6. The van der Waals surface area contributed by atoms with Crippen LogP contribution in [0, 0.1) is 0 Å². The van der Waals surface area contributed by atoms with Gasteiger partial charge >= 0.3 is 0 Å². The smallest absolute Gasteiger partial charge is 0.241 e. The number of hydrogen-bond acceptors (Lipinski definition) is 9. The highest BCUT2D eigenvalue weighted by Crippen LogP contribution is 2.29. The number of aromatic nitrogens is 3. The second-order valence-electron chi connectivity index (χ2n) is 8.00. The molecule has 1 amide bonds. The molecule has 3 aromatic rings. The number of hydrogen-bond donors (Lipinski definition) is 3. The molecular formula is C23H26N6O4. The maximum Gasteiger partial charge on any atom is 0.241 e. The Kier molecular flexibility index (Phi) is 6.18. The van der Waals surface area contributed by atoms with E-state index >= 15 is 0 Å². The molecule has 3 N–H and O–H groups in total. The second kappa shape index (κ2) is 9.55. The highest BCUT2D eigenvalue weighted by atomic mass is 16.6. The Labute approximate surface area is 191 Å². The van der Waals surface area contributed by atoms with Crippen molar-refractivity contribution in [2.75, 3.05) is 32.2 Å². The van der Waals surface area contributed by atoms with Crippen molar-refractivity contribution in [1.29, 1.82) is 0 Å². The number of methoxy groups -OCH3 is 1. The van der Waals surface area contributed by atoms with Gasteiger partial charge in [0.25, 0.3) is 0 Å². The minimum absolute atomic E-state index is 0.0842. The Morgan fingerprint density at radius 3 is 2.88 bits per heavy atom. The molecule has 0 unspecified atom stereocenters. The predicted octanol–water partition coefficient (Wildman–Crippen LogP) is 1.65. The average molecular weight is 450 g/mol. The van der Waals surface area contributed by atoms with E-state index in [9.17, 15) is 4.79 Å². The van der Waals surface area contributed by atoms with Crippen molar-refractivity contribution in [3.63, 3.8) is 0 Å². The minimum Gasteiger partial charge on any atom is -0.486 e. The summed E-state index contributed by atoms with van der Waals surface area (Å²) in [5, 5.41) is 9.84. The van der Waals surface area contributed by atoms with Crippen LogP contribution in [0.5, 0.6) is 17.4 Å².